The number of hydrogen-bond donors (Lipinski definition) is 2. The third-order valence-corrected chi connectivity index (χ3v) is 2.92. The average Bonchev–Trinajstić information content (AvgIpc) is 2.43. The van der Waals surface area contributed by atoms with Crippen molar-refractivity contribution in [2.75, 3.05) is 25.0 Å². The lowest BCUT2D eigenvalue weighted by Gasteiger charge is -2.28. The van der Waals surface area contributed by atoms with E-state index in [-0.39, 0.29) is 12.6 Å². The maximum absolute atomic E-state index is 12.2. The summed E-state index contributed by atoms with van der Waals surface area (Å²) >= 11 is 0. The van der Waals surface area contributed by atoms with Crippen molar-refractivity contribution in [2.24, 2.45) is 0 Å². The standard InChI is InChI=1S/C16H26N2O3/c1-5-18(12-16(3,4)20)15(19)17-14-9-7-13(8-10-14)11-21-6-2/h7-10,20H,5-6,11-12H2,1-4H3,(H,17,19). The third kappa shape index (κ3) is 6.60. The van der Waals surface area contributed by atoms with Crippen LogP contribution in [0.3, 0.4) is 0 Å². The molecule has 1 rings (SSSR count). The molecule has 21 heavy (non-hydrogen) atoms. The Bertz CT molecular complexity index is 438. The Kier molecular flexibility index (Phi) is 6.65. The number of amides is 2. The fourth-order valence-electron chi connectivity index (χ4n) is 1.90. The molecule has 0 radical (unpaired) electrons. The summed E-state index contributed by atoms with van der Waals surface area (Å²) in [6, 6.07) is 7.35. The number of nitrogens with one attached hydrogen (secondary N) is 1. The summed E-state index contributed by atoms with van der Waals surface area (Å²) < 4.78 is 5.33. The summed E-state index contributed by atoms with van der Waals surface area (Å²) in [7, 11) is 0. The number of nitrogens with zero attached hydrogens (tertiary/aromatic N) is 1. The number of carbonyl (C=O) groups excluding carboxylic acids is 1. The molecule has 0 aromatic heterocycles. The lowest BCUT2D eigenvalue weighted by atomic mass is 10.1. The highest BCUT2D eigenvalue weighted by molar-refractivity contribution is 5.89. The highest BCUT2D eigenvalue weighted by Crippen LogP contribution is 2.12. The van der Waals surface area contributed by atoms with E-state index in [9.17, 15) is 9.90 Å². The van der Waals surface area contributed by atoms with Gasteiger partial charge in [0.2, 0.25) is 0 Å². The number of ether oxygens (including phenoxy) is 1. The maximum atomic E-state index is 12.2. The van der Waals surface area contributed by atoms with Crippen molar-refractivity contribution in [1.82, 2.24) is 4.90 Å². The highest BCUT2D eigenvalue weighted by atomic mass is 16.5. The van der Waals surface area contributed by atoms with Crippen molar-refractivity contribution in [3.05, 3.63) is 29.8 Å². The van der Waals surface area contributed by atoms with Crippen molar-refractivity contribution in [1.29, 1.82) is 0 Å². The van der Waals surface area contributed by atoms with Gasteiger partial charge in [-0.25, -0.2) is 4.79 Å². The summed E-state index contributed by atoms with van der Waals surface area (Å²) in [5, 5.41) is 12.7. The molecule has 0 bridgehead atoms. The second-order valence-electron chi connectivity index (χ2n) is 5.59. The van der Waals surface area contributed by atoms with Crippen molar-refractivity contribution in [3.63, 3.8) is 0 Å². The molecule has 0 spiro atoms. The summed E-state index contributed by atoms with van der Waals surface area (Å²) in [5.41, 5.74) is 0.891. The molecular formula is C16H26N2O3. The molecule has 0 heterocycles. The Labute approximate surface area is 126 Å². The average molecular weight is 294 g/mol. The molecule has 5 heteroatoms. The van der Waals surface area contributed by atoms with E-state index in [1.165, 1.54) is 0 Å². The molecule has 5 nitrogen and oxygen atoms in total. The van der Waals surface area contributed by atoms with Gasteiger partial charge in [0.25, 0.3) is 0 Å². The van der Waals surface area contributed by atoms with E-state index in [1.807, 2.05) is 38.1 Å². The van der Waals surface area contributed by atoms with Crippen LogP contribution in [0.15, 0.2) is 24.3 Å². The van der Waals surface area contributed by atoms with Crippen LogP contribution in [0.4, 0.5) is 10.5 Å². The minimum absolute atomic E-state index is 0.211. The van der Waals surface area contributed by atoms with E-state index in [0.717, 1.165) is 11.3 Å². The molecule has 1 aromatic rings. The SMILES string of the molecule is CCOCc1ccc(NC(=O)N(CC)CC(C)(C)O)cc1. The molecule has 0 aliphatic carbocycles. The number of benzene rings is 1. The molecule has 0 unspecified atom stereocenters. The third-order valence-electron chi connectivity index (χ3n) is 2.92. The molecule has 0 saturated heterocycles. The monoisotopic (exact) mass is 294 g/mol. The normalized spacial score (nSPS) is 11.3. The van der Waals surface area contributed by atoms with E-state index >= 15 is 0 Å². The molecule has 118 valence electrons. The quantitative estimate of drug-likeness (QED) is 0.813. The predicted molar refractivity (Wildman–Crippen MR) is 84.3 cm³/mol. The summed E-state index contributed by atoms with van der Waals surface area (Å²) in [4.78, 5) is 13.7. The van der Waals surface area contributed by atoms with Crippen molar-refractivity contribution in [2.45, 2.75) is 39.9 Å². The Hall–Kier alpha value is -1.59. The van der Waals surface area contributed by atoms with E-state index in [1.54, 1.807) is 18.7 Å². The Morgan fingerprint density at radius 1 is 1.29 bits per heavy atom. The first-order valence-electron chi connectivity index (χ1n) is 7.30. The van der Waals surface area contributed by atoms with Gasteiger partial charge in [-0.1, -0.05) is 12.1 Å². The zero-order valence-corrected chi connectivity index (χ0v) is 13.3. The topological polar surface area (TPSA) is 61.8 Å². The van der Waals surface area contributed by atoms with Crippen LogP contribution in [-0.2, 0) is 11.3 Å². The first kappa shape index (κ1) is 17.5. The van der Waals surface area contributed by atoms with E-state index in [2.05, 4.69) is 5.32 Å². The van der Waals surface area contributed by atoms with Gasteiger partial charge in [-0.2, -0.15) is 0 Å². The van der Waals surface area contributed by atoms with Crippen LogP contribution in [-0.4, -0.2) is 41.3 Å². The molecule has 2 N–H and O–H groups in total. The van der Waals surface area contributed by atoms with Gasteiger partial charge in [0.15, 0.2) is 0 Å². The van der Waals surface area contributed by atoms with E-state index < -0.39 is 5.60 Å². The minimum atomic E-state index is -0.908. The second-order valence-corrected chi connectivity index (χ2v) is 5.59. The molecular weight excluding hydrogens is 268 g/mol. The van der Waals surface area contributed by atoms with Crippen molar-refractivity contribution in [3.8, 4) is 0 Å². The van der Waals surface area contributed by atoms with Gasteiger partial charge in [-0.05, 0) is 45.4 Å². The molecule has 1 aromatic carbocycles. The number of likely N-dealkylation sites (N-methyl/N-ethyl adjacent to an activating group) is 1. The van der Waals surface area contributed by atoms with Crippen LogP contribution >= 0.6 is 0 Å². The molecule has 0 saturated carbocycles. The molecule has 0 aliphatic heterocycles. The van der Waals surface area contributed by atoms with Gasteiger partial charge in [0, 0.05) is 18.8 Å². The lowest BCUT2D eigenvalue weighted by Crippen LogP contribution is -2.44. The smallest absolute Gasteiger partial charge is 0.321 e. The highest BCUT2D eigenvalue weighted by Gasteiger charge is 2.21. The molecule has 0 atom stereocenters. The minimum Gasteiger partial charge on any atom is -0.389 e. The maximum Gasteiger partial charge on any atom is 0.321 e. The van der Waals surface area contributed by atoms with Gasteiger partial charge in [-0.15, -0.1) is 0 Å². The number of carbonyl (C=O) groups is 1. The number of aliphatic hydroxyl groups is 1. The summed E-state index contributed by atoms with van der Waals surface area (Å²) in [5.74, 6) is 0. The predicted octanol–water partition coefficient (Wildman–Crippen LogP) is 2.85. The van der Waals surface area contributed by atoms with E-state index in [4.69, 9.17) is 4.74 Å². The lowest BCUT2D eigenvalue weighted by molar-refractivity contribution is 0.0501. The van der Waals surface area contributed by atoms with Gasteiger partial charge >= 0.3 is 6.03 Å². The first-order valence-corrected chi connectivity index (χ1v) is 7.30. The Morgan fingerprint density at radius 3 is 2.38 bits per heavy atom. The van der Waals surface area contributed by atoms with Crippen LogP contribution in [0.2, 0.25) is 0 Å². The van der Waals surface area contributed by atoms with Gasteiger partial charge in [-0.3, -0.25) is 0 Å². The Balaban J connectivity index is 2.60. The molecule has 0 fully saturated rings. The van der Waals surface area contributed by atoms with Crippen LogP contribution < -0.4 is 5.32 Å². The van der Waals surface area contributed by atoms with Gasteiger partial charge < -0.3 is 20.1 Å². The van der Waals surface area contributed by atoms with Crippen LogP contribution in [0.25, 0.3) is 0 Å². The largest absolute Gasteiger partial charge is 0.389 e. The fraction of sp³-hybridized carbons (Fsp3) is 0.562. The van der Waals surface area contributed by atoms with Crippen LogP contribution in [0.1, 0.15) is 33.3 Å². The zero-order valence-electron chi connectivity index (χ0n) is 13.3. The first-order chi connectivity index (χ1) is 9.85. The summed E-state index contributed by atoms with van der Waals surface area (Å²) in [6.45, 7) is 9.30. The number of rotatable bonds is 7. The zero-order chi connectivity index (χ0) is 15.9. The number of urea groups is 1. The van der Waals surface area contributed by atoms with Crippen LogP contribution in [0.5, 0.6) is 0 Å². The molecule has 0 aliphatic rings. The van der Waals surface area contributed by atoms with Gasteiger partial charge in [0.05, 0.1) is 18.8 Å². The van der Waals surface area contributed by atoms with Crippen molar-refractivity contribution < 1.29 is 14.6 Å². The van der Waals surface area contributed by atoms with Crippen LogP contribution in [0, 0.1) is 0 Å². The Morgan fingerprint density at radius 2 is 1.90 bits per heavy atom. The summed E-state index contributed by atoms with van der Waals surface area (Å²) in [6.07, 6.45) is 0. The second kappa shape index (κ2) is 8.00. The fourth-order valence-corrected chi connectivity index (χ4v) is 1.90. The molecule has 2 amide bonds. The van der Waals surface area contributed by atoms with Crippen molar-refractivity contribution >= 4 is 11.7 Å². The van der Waals surface area contributed by atoms with E-state index in [0.29, 0.717) is 19.8 Å². The van der Waals surface area contributed by atoms with Gasteiger partial charge in [0.1, 0.15) is 0 Å². The number of hydrogen-bond acceptors (Lipinski definition) is 3. The number of anilines is 1.